The van der Waals surface area contributed by atoms with E-state index in [1.54, 1.807) is 17.9 Å². The minimum atomic E-state index is -4.31. The molecule has 0 radical (unpaired) electrons. The second-order valence-electron chi connectivity index (χ2n) is 6.81. The zero-order valence-corrected chi connectivity index (χ0v) is 13.9. The molecule has 0 aliphatic carbocycles. The van der Waals surface area contributed by atoms with Gasteiger partial charge < -0.3 is 10.2 Å². The molecule has 0 spiro atoms. The molecule has 1 amide bonds. The third-order valence-corrected chi connectivity index (χ3v) is 4.82. The average Bonchev–Trinajstić information content (AvgIpc) is 3.11. The van der Waals surface area contributed by atoms with Gasteiger partial charge in [0.05, 0.1) is 5.69 Å². The van der Waals surface area contributed by atoms with Gasteiger partial charge in [0.1, 0.15) is 5.82 Å². The highest BCUT2D eigenvalue weighted by atomic mass is 19.4. The van der Waals surface area contributed by atoms with Crippen LogP contribution in [0.1, 0.15) is 57.2 Å². The van der Waals surface area contributed by atoms with E-state index in [2.05, 4.69) is 10.4 Å². The van der Waals surface area contributed by atoms with E-state index in [4.69, 9.17) is 0 Å². The number of alkyl halides is 3. The van der Waals surface area contributed by atoms with E-state index in [9.17, 15) is 18.0 Å². The fourth-order valence-corrected chi connectivity index (χ4v) is 3.58. The van der Waals surface area contributed by atoms with Crippen molar-refractivity contribution in [2.45, 2.75) is 63.7 Å². The molecule has 0 bridgehead atoms. The number of carbonyl (C=O) groups excluding carboxylic acids is 1. The lowest BCUT2D eigenvalue weighted by molar-refractivity contribution is -0.173. The first-order valence-corrected chi connectivity index (χ1v) is 8.50. The van der Waals surface area contributed by atoms with Gasteiger partial charge in [0.15, 0.2) is 6.04 Å². The van der Waals surface area contributed by atoms with Crippen molar-refractivity contribution in [2.75, 3.05) is 18.4 Å². The number of carbonyl (C=O) groups is 1. The van der Waals surface area contributed by atoms with Crippen LogP contribution >= 0.6 is 0 Å². The third kappa shape index (κ3) is 3.23. The minimum absolute atomic E-state index is 0.00916. The zero-order valence-electron chi connectivity index (χ0n) is 13.9. The number of fused-ring (bicyclic) bond motifs is 1. The quantitative estimate of drug-likeness (QED) is 0.915. The molecule has 1 unspecified atom stereocenters. The highest BCUT2D eigenvalue weighted by molar-refractivity contribution is 5.76. The maximum atomic E-state index is 13.3. The van der Waals surface area contributed by atoms with Gasteiger partial charge in [0, 0.05) is 37.5 Å². The SMILES string of the molecule is CCCC(=O)N1CCC(c2cc3n(n2)[C@@H](C(F)(F)F)C[C@@H](C)N3)C1. The highest BCUT2D eigenvalue weighted by Crippen LogP contribution is 2.40. The lowest BCUT2D eigenvalue weighted by Gasteiger charge is -2.31. The monoisotopic (exact) mass is 344 g/mol. The summed E-state index contributed by atoms with van der Waals surface area (Å²) in [6, 6.07) is -0.121. The number of nitrogens with one attached hydrogen (secondary N) is 1. The van der Waals surface area contributed by atoms with Gasteiger partial charge in [-0.15, -0.1) is 0 Å². The van der Waals surface area contributed by atoms with Crippen molar-refractivity contribution in [3.63, 3.8) is 0 Å². The molecule has 134 valence electrons. The van der Waals surface area contributed by atoms with Gasteiger partial charge in [-0.05, 0) is 26.2 Å². The largest absolute Gasteiger partial charge is 0.410 e. The molecule has 0 saturated carbocycles. The number of likely N-dealkylation sites (tertiary alicyclic amines) is 1. The Hall–Kier alpha value is -1.73. The zero-order chi connectivity index (χ0) is 17.5. The summed E-state index contributed by atoms with van der Waals surface area (Å²) in [7, 11) is 0. The first-order valence-electron chi connectivity index (χ1n) is 8.50. The number of halogens is 3. The van der Waals surface area contributed by atoms with E-state index in [0.717, 1.165) is 17.5 Å². The summed E-state index contributed by atoms with van der Waals surface area (Å²) >= 11 is 0. The average molecular weight is 344 g/mol. The van der Waals surface area contributed by atoms with Crippen molar-refractivity contribution >= 4 is 11.7 Å². The molecule has 1 fully saturated rings. The minimum Gasteiger partial charge on any atom is -0.368 e. The molecule has 24 heavy (non-hydrogen) atoms. The smallest absolute Gasteiger partial charge is 0.368 e. The van der Waals surface area contributed by atoms with Crippen LogP contribution in [0, 0.1) is 0 Å². The molecule has 1 saturated heterocycles. The Bertz CT molecular complexity index is 613. The van der Waals surface area contributed by atoms with E-state index in [1.165, 1.54) is 0 Å². The van der Waals surface area contributed by atoms with Gasteiger partial charge >= 0.3 is 6.18 Å². The van der Waals surface area contributed by atoms with Crippen LogP contribution in [0.3, 0.4) is 0 Å². The lowest BCUT2D eigenvalue weighted by Crippen LogP contribution is -2.37. The molecule has 3 atom stereocenters. The maximum Gasteiger partial charge on any atom is 0.410 e. The van der Waals surface area contributed by atoms with Gasteiger partial charge in [0.25, 0.3) is 0 Å². The Morgan fingerprint density at radius 1 is 1.46 bits per heavy atom. The molecule has 1 N–H and O–H groups in total. The van der Waals surface area contributed by atoms with Crippen LogP contribution in [0.25, 0.3) is 0 Å². The predicted octanol–water partition coefficient (Wildman–Crippen LogP) is 3.31. The molecular weight excluding hydrogens is 321 g/mol. The molecule has 5 nitrogen and oxygen atoms in total. The molecule has 3 rings (SSSR count). The van der Waals surface area contributed by atoms with Crippen molar-refractivity contribution in [1.29, 1.82) is 0 Å². The number of rotatable bonds is 3. The molecule has 2 aliphatic heterocycles. The highest BCUT2D eigenvalue weighted by Gasteiger charge is 2.46. The topological polar surface area (TPSA) is 50.2 Å². The standard InChI is InChI=1S/C16H23F3N4O/c1-3-4-15(24)22-6-5-11(9-22)12-8-14-20-10(2)7-13(16(17,18)19)23(14)21-12/h8,10-11,13,20H,3-7,9H2,1-2H3/t10-,11?,13-/m1/s1. The summed E-state index contributed by atoms with van der Waals surface area (Å²) in [5.74, 6) is 0.545. The second-order valence-corrected chi connectivity index (χ2v) is 6.81. The summed E-state index contributed by atoms with van der Waals surface area (Å²) in [6.45, 7) is 4.90. The number of amides is 1. The van der Waals surface area contributed by atoms with Gasteiger partial charge in [-0.25, -0.2) is 4.68 Å². The fraction of sp³-hybridized carbons (Fsp3) is 0.750. The summed E-state index contributed by atoms with van der Waals surface area (Å²) < 4.78 is 40.9. The Morgan fingerprint density at radius 3 is 2.88 bits per heavy atom. The lowest BCUT2D eigenvalue weighted by atomic mass is 10.0. The number of aromatic nitrogens is 2. The molecule has 0 aromatic carbocycles. The summed E-state index contributed by atoms with van der Waals surface area (Å²) in [5.41, 5.74) is 0.646. The number of nitrogens with zero attached hydrogens (tertiary/aromatic N) is 3. The van der Waals surface area contributed by atoms with Gasteiger partial charge in [0.2, 0.25) is 5.91 Å². The molecule has 1 aromatic heterocycles. The molecule has 2 aliphatic rings. The van der Waals surface area contributed by atoms with E-state index in [0.29, 0.717) is 31.0 Å². The summed E-state index contributed by atoms with van der Waals surface area (Å²) in [6.07, 6.45) is -2.27. The summed E-state index contributed by atoms with van der Waals surface area (Å²) in [4.78, 5) is 13.8. The van der Waals surface area contributed by atoms with Crippen LogP contribution in [-0.2, 0) is 4.79 Å². The van der Waals surface area contributed by atoms with Crippen molar-refractivity contribution in [1.82, 2.24) is 14.7 Å². The predicted molar refractivity (Wildman–Crippen MR) is 83.9 cm³/mol. The second kappa shape index (κ2) is 6.29. The van der Waals surface area contributed by atoms with E-state index in [1.807, 2.05) is 6.92 Å². The Balaban J connectivity index is 1.79. The van der Waals surface area contributed by atoms with Crippen LogP contribution in [-0.4, -0.2) is 45.9 Å². The molecule has 1 aromatic rings. The van der Waals surface area contributed by atoms with E-state index in [-0.39, 0.29) is 24.3 Å². The summed E-state index contributed by atoms with van der Waals surface area (Å²) in [5, 5.41) is 7.33. The molecule has 3 heterocycles. The van der Waals surface area contributed by atoms with Gasteiger partial charge in [-0.2, -0.15) is 18.3 Å². The van der Waals surface area contributed by atoms with Crippen LogP contribution in [0.5, 0.6) is 0 Å². The van der Waals surface area contributed by atoms with Crippen molar-refractivity contribution in [2.24, 2.45) is 0 Å². The van der Waals surface area contributed by atoms with Crippen molar-refractivity contribution in [3.05, 3.63) is 11.8 Å². The fourth-order valence-electron chi connectivity index (χ4n) is 3.58. The van der Waals surface area contributed by atoms with Crippen molar-refractivity contribution < 1.29 is 18.0 Å². The van der Waals surface area contributed by atoms with E-state index < -0.39 is 12.2 Å². The van der Waals surface area contributed by atoms with Crippen LogP contribution in [0.2, 0.25) is 0 Å². The van der Waals surface area contributed by atoms with Crippen LogP contribution in [0.4, 0.5) is 19.0 Å². The van der Waals surface area contributed by atoms with Crippen LogP contribution in [0.15, 0.2) is 6.07 Å². The van der Waals surface area contributed by atoms with Gasteiger partial charge in [-0.1, -0.05) is 6.92 Å². The Labute approximate surface area is 139 Å². The number of hydrogen-bond donors (Lipinski definition) is 1. The van der Waals surface area contributed by atoms with Crippen LogP contribution < -0.4 is 5.32 Å². The van der Waals surface area contributed by atoms with Gasteiger partial charge in [-0.3, -0.25) is 4.79 Å². The molecular formula is C16H23F3N4O. The Kier molecular flexibility index (Phi) is 4.48. The first-order chi connectivity index (χ1) is 11.3. The maximum absolute atomic E-state index is 13.3. The Morgan fingerprint density at radius 2 is 2.21 bits per heavy atom. The molecule has 8 heteroatoms. The third-order valence-electron chi connectivity index (χ3n) is 4.82. The number of anilines is 1. The normalized spacial score (nSPS) is 27.0. The number of hydrogen-bond acceptors (Lipinski definition) is 3. The first kappa shape index (κ1) is 17.1. The van der Waals surface area contributed by atoms with Crippen molar-refractivity contribution in [3.8, 4) is 0 Å². The van der Waals surface area contributed by atoms with E-state index >= 15 is 0 Å².